The minimum absolute atomic E-state index is 0.172. The van der Waals surface area contributed by atoms with Gasteiger partial charge >= 0.3 is 0 Å². The summed E-state index contributed by atoms with van der Waals surface area (Å²) in [5.74, 6) is 1.49. The first-order valence-corrected chi connectivity index (χ1v) is 12.3. The molecule has 4 rings (SSSR count). The number of carbonyl (C=O) groups is 1. The molecular weight excluding hydrogens is 454 g/mol. The van der Waals surface area contributed by atoms with E-state index in [-0.39, 0.29) is 5.91 Å². The number of benzene rings is 2. The molecule has 0 aliphatic carbocycles. The molecule has 0 spiro atoms. The number of nitrogens with zero attached hydrogens (tertiary/aromatic N) is 3. The van der Waals surface area contributed by atoms with Crippen LogP contribution in [0.2, 0.25) is 0 Å². The molecular formula is C25H31N3O5S. The molecule has 1 aromatic heterocycles. The Bertz CT molecular complexity index is 1110. The first-order chi connectivity index (χ1) is 16.7. The summed E-state index contributed by atoms with van der Waals surface area (Å²) in [6, 6.07) is 11.2. The van der Waals surface area contributed by atoms with Crippen LogP contribution in [0.1, 0.15) is 23.7 Å². The maximum atomic E-state index is 13.9. The van der Waals surface area contributed by atoms with E-state index >= 15 is 0 Å². The predicted molar refractivity (Wildman–Crippen MR) is 134 cm³/mol. The summed E-state index contributed by atoms with van der Waals surface area (Å²) in [7, 11) is 3.11. The van der Waals surface area contributed by atoms with E-state index in [2.05, 4.69) is 4.90 Å². The van der Waals surface area contributed by atoms with Gasteiger partial charge in [-0.15, -0.1) is 0 Å². The highest BCUT2D eigenvalue weighted by molar-refractivity contribution is 7.22. The molecule has 1 amide bonds. The van der Waals surface area contributed by atoms with Gasteiger partial charge < -0.3 is 18.9 Å². The number of hydrogen-bond acceptors (Lipinski definition) is 8. The zero-order chi connectivity index (χ0) is 23.9. The van der Waals surface area contributed by atoms with E-state index in [9.17, 15) is 4.79 Å². The number of carbonyl (C=O) groups excluding carboxylic acids is 1. The fraction of sp³-hybridized carbons (Fsp3) is 0.440. The van der Waals surface area contributed by atoms with E-state index in [1.54, 1.807) is 37.3 Å². The number of para-hydroxylation sites is 2. The Labute approximate surface area is 204 Å². The van der Waals surface area contributed by atoms with E-state index in [1.807, 2.05) is 25.1 Å². The average molecular weight is 486 g/mol. The van der Waals surface area contributed by atoms with Gasteiger partial charge in [-0.3, -0.25) is 14.6 Å². The van der Waals surface area contributed by atoms with E-state index in [4.69, 9.17) is 23.9 Å². The quantitative estimate of drug-likeness (QED) is 0.428. The molecule has 8 nitrogen and oxygen atoms in total. The lowest BCUT2D eigenvalue weighted by molar-refractivity contribution is 0.0376. The standard InChI is InChI=1S/C25H31N3O5S/c1-4-33-19-9-6-11-21-22(19)26-25(34-21)28(13-7-12-27-14-16-32-17-15-27)24(29)18-8-5-10-20(30-2)23(18)31-3/h5-6,8-11H,4,7,12-17H2,1-3H3. The molecule has 2 aromatic carbocycles. The molecule has 1 saturated heterocycles. The molecule has 1 fully saturated rings. The zero-order valence-corrected chi connectivity index (χ0v) is 20.7. The van der Waals surface area contributed by atoms with Gasteiger partial charge in [0.2, 0.25) is 0 Å². The summed E-state index contributed by atoms with van der Waals surface area (Å²) >= 11 is 1.49. The summed E-state index contributed by atoms with van der Waals surface area (Å²) in [6.45, 7) is 7.24. The van der Waals surface area contributed by atoms with Crippen LogP contribution in [0.25, 0.3) is 10.2 Å². The lowest BCUT2D eigenvalue weighted by Gasteiger charge is -2.28. The molecule has 0 N–H and O–H groups in total. The molecule has 0 bridgehead atoms. The number of aromatic nitrogens is 1. The molecule has 0 atom stereocenters. The second kappa shape index (κ2) is 11.5. The highest BCUT2D eigenvalue weighted by Crippen LogP contribution is 2.37. The van der Waals surface area contributed by atoms with Gasteiger partial charge in [0.15, 0.2) is 16.6 Å². The third-order valence-electron chi connectivity index (χ3n) is 5.74. The van der Waals surface area contributed by atoms with Crippen molar-refractivity contribution in [1.82, 2.24) is 9.88 Å². The van der Waals surface area contributed by atoms with Gasteiger partial charge in [0.25, 0.3) is 5.91 Å². The van der Waals surface area contributed by atoms with Crippen LogP contribution in [-0.4, -0.2) is 76.0 Å². The molecule has 2 heterocycles. The number of methoxy groups -OCH3 is 2. The maximum Gasteiger partial charge on any atom is 0.263 e. The molecule has 1 aliphatic rings. The van der Waals surface area contributed by atoms with Crippen LogP contribution in [0.15, 0.2) is 36.4 Å². The van der Waals surface area contributed by atoms with Crippen molar-refractivity contribution in [3.8, 4) is 17.2 Å². The SMILES string of the molecule is CCOc1cccc2sc(N(CCCN3CCOCC3)C(=O)c3cccc(OC)c3OC)nc12. The number of hydrogen-bond donors (Lipinski definition) is 0. The van der Waals surface area contributed by atoms with Crippen LogP contribution < -0.4 is 19.1 Å². The van der Waals surface area contributed by atoms with E-state index in [0.717, 1.165) is 55.2 Å². The number of rotatable bonds is 10. The molecule has 9 heteroatoms. The van der Waals surface area contributed by atoms with Crippen molar-refractivity contribution in [2.24, 2.45) is 0 Å². The van der Waals surface area contributed by atoms with Crippen LogP contribution in [-0.2, 0) is 4.74 Å². The van der Waals surface area contributed by atoms with Crippen LogP contribution in [0, 0.1) is 0 Å². The molecule has 3 aromatic rings. The summed E-state index contributed by atoms with van der Waals surface area (Å²) in [5, 5.41) is 0.638. The van der Waals surface area contributed by atoms with Gasteiger partial charge in [0.1, 0.15) is 11.3 Å². The summed E-state index contributed by atoms with van der Waals surface area (Å²) in [5.41, 5.74) is 1.21. The molecule has 182 valence electrons. The van der Waals surface area contributed by atoms with Gasteiger partial charge in [-0.2, -0.15) is 0 Å². The minimum atomic E-state index is -0.172. The predicted octanol–water partition coefficient (Wildman–Crippen LogP) is 4.08. The first-order valence-electron chi connectivity index (χ1n) is 11.5. The average Bonchev–Trinajstić information content (AvgIpc) is 3.31. The molecule has 0 radical (unpaired) electrons. The van der Waals surface area contributed by atoms with Crippen LogP contribution >= 0.6 is 11.3 Å². The number of ether oxygens (including phenoxy) is 4. The maximum absolute atomic E-state index is 13.9. The summed E-state index contributed by atoms with van der Waals surface area (Å²) in [6.07, 6.45) is 0.812. The van der Waals surface area contributed by atoms with Gasteiger partial charge in [0.05, 0.1) is 44.3 Å². The number of anilines is 1. The van der Waals surface area contributed by atoms with Gasteiger partial charge in [-0.05, 0) is 37.6 Å². The highest BCUT2D eigenvalue weighted by Gasteiger charge is 2.26. The lowest BCUT2D eigenvalue weighted by atomic mass is 10.1. The Balaban J connectivity index is 1.66. The van der Waals surface area contributed by atoms with E-state index < -0.39 is 0 Å². The Morgan fingerprint density at radius 1 is 1.12 bits per heavy atom. The molecule has 34 heavy (non-hydrogen) atoms. The number of thiazole rings is 1. The highest BCUT2D eigenvalue weighted by atomic mass is 32.1. The topological polar surface area (TPSA) is 73.4 Å². The molecule has 1 aliphatic heterocycles. The van der Waals surface area contributed by atoms with Gasteiger partial charge in [0, 0.05) is 26.2 Å². The zero-order valence-electron chi connectivity index (χ0n) is 19.9. The Morgan fingerprint density at radius 2 is 1.88 bits per heavy atom. The van der Waals surface area contributed by atoms with Crippen molar-refractivity contribution < 1.29 is 23.7 Å². The normalized spacial score (nSPS) is 14.2. The molecule has 0 saturated carbocycles. The monoisotopic (exact) mass is 485 g/mol. The first kappa shape index (κ1) is 24.3. The second-order valence-electron chi connectivity index (χ2n) is 7.84. The van der Waals surface area contributed by atoms with Crippen molar-refractivity contribution >= 4 is 32.6 Å². The van der Waals surface area contributed by atoms with Crippen LogP contribution in [0.3, 0.4) is 0 Å². The van der Waals surface area contributed by atoms with Crippen molar-refractivity contribution in [3.63, 3.8) is 0 Å². The Hall–Kier alpha value is -2.88. The molecule has 0 unspecified atom stereocenters. The largest absolute Gasteiger partial charge is 0.493 e. The third-order valence-corrected chi connectivity index (χ3v) is 6.78. The van der Waals surface area contributed by atoms with Gasteiger partial charge in [-0.25, -0.2) is 4.98 Å². The smallest absolute Gasteiger partial charge is 0.263 e. The number of morpholine rings is 1. The van der Waals surface area contributed by atoms with Crippen molar-refractivity contribution in [1.29, 1.82) is 0 Å². The van der Waals surface area contributed by atoms with Crippen LogP contribution in [0.4, 0.5) is 5.13 Å². The van der Waals surface area contributed by atoms with E-state index in [0.29, 0.717) is 35.3 Å². The lowest BCUT2D eigenvalue weighted by Crippen LogP contribution is -2.39. The minimum Gasteiger partial charge on any atom is -0.493 e. The second-order valence-corrected chi connectivity index (χ2v) is 8.85. The van der Waals surface area contributed by atoms with Crippen LogP contribution in [0.5, 0.6) is 17.2 Å². The van der Waals surface area contributed by atoms with E-state index in [1.165, 1.54) is 11.3 Å². The fourth-order valence-electron chi connectivity index (χ4n) is 4.06. The Kier molecular flexibility index (Phi) is 8.21. The number of amides is 1. The number of fused-ring (bicyclic) bond motifs is 1. The Morgan fingerprint density at radius 3 is 2.62 bits per heavy atom. The third kappa shape index (κ3) is 5.27. The van der Waals surface area contributed by atoms with Crippen molar-refractivity contribution in [3.05, 3.63) is 42.0 Å². The summed E-state index contributed by atoms with van der Waals surface area (Å²) < 4.78 is 23.2. The summed E-state index contributed by atoms with van der Waals surface area (Å²) in [4.78, 5) is 22.8. The van der Waals surface area contributed by atoms with Crippen molar-refractivity contribution in [2.45, 2.75) is 13.3 Å². The van der Waals surface area contributed by atoms with Crippen molar-refractivity contribution in [2.75, 3.05) is 65.1 Å². The fourth-order valence-corrected chi connectivity index (χ4v) is 5.07. The van der Waals surface area contributed by atoms with Gasteiger partial charge in [-0.1, -0.05) is 23.5 Å².